The van der Waals surface area contributed by atoms with Gasteiger partial charge < -0.3 is 24.7 Å². The Kier molecular flexibility index (Phi) is 5.67. The van der Waals surface area contributed by atoms with Gasteiger partial charge in [0, 0.05) is 29.6 Å². The van der Waals surface area contributed by atoms with E-state index in [0.29, 0.717) is 41.7 Å². The minimum Gasteiger partial charge on any atom is -0.497 e. The van der Waals surface area contributed by atoms with E-state index < -0.39 is 18.1 Å². The van der Waals surface area contributed by atoms with Crippen LogP contribution in [0.25, 0.3) is 17.0 Å². The molecular formula is C25H23N3O6. The van der Waals surface area contributed by atoms with Crippen molar-refractivity contribution in [2.24, 2.45) is 5.73 Å². The van der Waals surface area contributed by atoms with Gasteiger partial charge in [-0.25, -0.2) is 4.79 Å². The highest BCUT2D eigenvalue weighted by molar-refractivity contribution is 6.00. The lowest BCUT2D eigenvalue weighted by Crippen LogP contribution is -2.26. The molecule has 0 radical (unpaired) electrons. The molecule has 3 aromatic rings. The summed E-state index contributed by atoms with van der Waals surface area (Å²) in [4.78, 5) is 30.7. The Bertz CT molecular complexity index is 1310. The van der Waals surface area contributed by atoms with E-state index in [1.807, 2.05) is 18.2 Å². The summed E-state index contributed by atoms with van der Waals surface area (Å²) in [5.41, 5.74) is 8.19. The third kappa shape index (κ3) is 4.19. The van der Waals surface area contributed by atoms with Crippen LogP contribution in [0.4, 0.5) is 10.5 Å². The SMILES string of the molecule is COc1ccc2nccc(C=C(C[C@H]3CN(c4ccc5c(c4)OCCO5)C(=O)O3)C(N)=O)c2c1. The second-order valence-electron chi connectivity index (χ2n) is 7.97. The molecule has 2 aliphatic rings. The number of aromatic nitrogens is 1. The van der Waals surface area contributed by atoms with Crippen LogP contribution in [0.3, 0.4) is 0 Å². The molecule has 1 aromatic heterocycles. The predicted octanol–water partition coefficient (Wildman–Crippen LogP) is 3.30. The number of carbonyl (C=O) groups excluding carboxylic acids is 2. The molecule has 0 spiro atoms. The lowest BCUT2D eigenvalue weighted by Gasteiger charge is -2.21. The van der Waals surface area contributed by atoms with Gasteiger partial charge in [0.25, 0.3) is 0 Å². The summed E-state index contributed by atoms with van der Waals surface area (Å²) < 4.78 is 22.0. The summed E-state index contributed by atoms with van der Waals surface area (Å²) in [6, 6.07) is 12.6. The maximum atomic E-state index is 12.6. The molecule has 1 atom stereocenters. The number of anilines is 1. The van der Waals surface area contributed by atoms with E-state index in [4.69, 9.17) is 24.7 Å². The molecule has 1 saturated heterocycles. The number of cyclic esters (lactones) is 1. The molecule has 9 heteroatoms. The number of nitrogens with two attached hydrogens (primary N) is 1. The summed E-state index contributed by atoms with van der Waals surface area (Å²) in [5.74, 6) is 1.31. The summed E-state index contributed by atoms with van der Waals surface area (Å²) in [7, 11) is 1.59. The van der Waals surface area contributed by atoms with Crippen molar-refractivity contribution in [3.63, 3.8) is 0 Å². The first-order valence-electron chi connectivity index (χ1n) is 10.8. The van der Waals surface area contributed by atoms with E-state index >= 15 is 0 Å². The van der Waals surface area contributed by atoms with E-state index in [9.17, 15) is 9.59 Å². The van der Waals surface area contributed by atoms with Crippen molar-refractivity contribution in [1.29, 1.82) is 0 Å². The van der Waals surface area contributed by atoms with Crippen LogP contribution in [0.2, 0.25) is 0 Å². The number of nitrogens with zero attached hydrogens (tertiary/aromatic N) is 2. The Hall–Kier alpha value is -4.27. The molecular weight excluding hydrogens is 438 g/mol. The Labute approximate surface area is 195 Å². The quantitative estimate of drug-likeness (QED) is 0.561. The molecule has 0 aliphatic carbocycles. The van der Waals surface area contributed by atoms with Gasteiger partial charge in [-0.1, -0.05) is 0 Å². The number of fused-ring (bicyclic) bond motifs is 2. The number of carbonyl (C=O) groups is 2. The van der Waals surface area contributed by atoms with Crippen LogP contribution in [0.5, 0.6) is 17.2 Å². The molecule has 3 heterocycles. The summed E-state index contributed by atoms with van der Waals surface area (Å²) in [6.07, 6.45) is 2.52. The summed E-state index contributed by atoms with van der Waals surface area (Å²) in [5, 5.41) is 0.821. The smallest absolute Gasteiger partial charge is 0.414 e. The van der Waals surface area contributed by atoms with Crippen molar-refractivity contribution in [3.05, 3.63) is 59.8 Å². The lowest BCUT2D eigenvalue weighted by atomic mass is 10.0. The van der Waals surface area contributed by atoms with Gasteiger partial charge in [0.1, 0.15) is 25.1 Å². The molecule has 34 heavy (non-hydrogen) atoms. The number of rotatable bonds is 6. The Morgan fingerprint density at radius 2 is 2.00 bits per heavy atom. The average molecular weight is 461 g/mol. The van der Waals surface area contributed by atoms with Crippen LogP contribution in [0.15, 0.2) is 54.2 Å². The van der Waals surface area contributed by atoms with Gasteiger partial charge in [0.05, 0.1) is 24.9 Å². The van der Waals surface area contributed by atoms with Gasteiger partial charge in [0.15, 0.2) is 11.5 Å². The Balaban J connectivity index is 1.39. The molecule has 0 bridgehead atoms. The first-order valence-corrected chi connectivity index (χ1v) is 10.8. The summed E-state index contributed by atoms with van der Waals surface area (Å²) >= 11 is 0. The van der Waals surface area contributed by atoms with Crippen LogP contribution in [-0.4, -0.2) is 50.0 Å². The molecule has 5 rings (SSSR count). The zero-order valence-corrected chi connectivity index (χ0v) is 18.5. The topological polar surface area (TPSA) is 113 Å². The highest BCUT2D eigenvalue weighted by Crippen LogP contribution is 2.36. The first-order chi connectivity index (χ1) is 16.5. The number of pyridine rings is 1. The van der Waals surface area contributed by atoms with Crippen LogP contribution < -0.4 is 24.8 Å². The largest absolute Gasteiger partial charge is 0.497 e. The minimum absolute atomic E-state index is 0.176. The van der Waals surface area contributed by atoms with E-state index in [1.54, 1.807) is 43.6 Å². The van der Waals surface area contributed by atoms with Gasteiger partial charge in [-0.15, -0.1) is 0 Å². The van der Waals surface area contributed by atoms with Gasteiger partial charge in [0.2, 0.25) is 5.91 Å². The molecule has 9 nitrogen and oxygen atoms in total. The van der Waals surface area contributed by atoms with Crippen molar-refractivity contribution in [2.75, 3.05) is 31.8 Å². The fourth-order valence-electron chi connectivity index (χ4n) is 4.10. The molecule has 2 N–H and O–H groups in total. The van der Waals surface area contributed by atoms with E-state index in [2.05, 4.69) is 4.98 Å². The molecule has 2 amide bonds. The monoisotopic (exact) mass is 461 g/mol. The van der Waals surface area contributed by atoms with Crippen molar-refractivity contribution in [3.8, 4) is 17.2 Å². The average Bonchev–Trinajstić information content (AvgIpc) is 3.23. The third-order valence-corrected chi connectivity index (χ3v) is 5.79. The number of amides is 2. The molecule has 0 unspecified atom stereocenters. The zero-order valence-electron chi connectivity index (χ0n) is 18.5. The van der Waals surface area contributed by atoms with Gasteiger partial charge >= 0.3 is 6.09 Å². The Morgan fingerprint density at radius 1 is 1.18 bits per heavy atom. The van der Waals surface area contributed by atoms with Crippen LogP contribution in [-0.2, 0) is 9.53 Å². The number of methoxy groups -OCH3 is 1. The van der Waals surface area contributed by atoms with Crippen LogP contribution in [0.1, 0.15) is 12.0 Å². The van der Waals surface area contributed by atoms with Crippen molar-refractivity contribution in [1.82, 2.24) is 4.98 Å². The first kappa shape index (κ1) is 21.6. The number of ether oxygens (including phenoxy) is 4. The molecule has 2 aliphatic heterocycles. The second-order valence-corrected chi connectivity index (χ2v) is 7.97. The van der Waals surface area contributed by atoms with Gasteiger partial charge in [-0.05, 0) is 48.0 Å². The maximum Gasteiger partial charge on any atom is 0.414 e. The van der Waals surface area contributed by atoms with Gasteiger partial charge in [-0.2, -0.15) is 0 Å². The molecule has 0 saturated carbocycles. The zero-order chi connectivity index (χ0) is 23.7. The number of hydrogen-bond donors (Lipinski definition) is 1. The Morgan fingerprint density at radius 3 is 2.79 bits per heavy atom. The van der Waals surface area contributed by atoms with E-state index in [1.165, 1.54) is 4.90 Å². The normalized spacial score (nSPS) is 17.6. The summed E-state index contributed by atoms with van der Waals surface area (Å²) in [6.45, 7) is 1.21. The van der Waals surface area contributed by atoms with Crippen LogP contribution in [0, 0.1) is 0 Å². The highest BCUT2D eigenvalue weighted by Gasteiger charge is 2.34. The van der Waals surface area contributed by atoms with Crippen molar-refractivity contribution >= 4 is 34.7 Å². The molecule has 174 valence electrons. The molecule has 1 fully saturated rings. The fourth-order valence-corrected chi connectivity index (χ4v) is 4.10. The van der Waals surface area contributed by atoms with Crippen molar-refractivity contribution < 1.29 is 28.5 Å². The van der Waals surface area contributed by atoms with Crippen LogP contribution >= 0.6 is 0 Å². The van der Waals surface area contributed by atoms with E-state index in [0.717, 1.165) is 16.5 Å². The fraction of sp³-hybridized carbons (Fsp3) is 0.240. The maximum absolute atomic E-state index is 12.6. The van der Waals surface area contributed by atoms with Crippen molar-refractivity contribution in [2.45, 2.75) is 12.5 Å². The third-order valence-electron chi connectivity index (χ3n) is 5.79. The van der Waals surface area contributed by atoms with Gasteiger partial charge in [-0.3, -0.25) is 14.7 Å². The second kappa shape index (κ2) is 8.93. The number of benzene rings is 2. The minimum atomic E-state index is -0.582. The highest BCUT2D eigenvalue weighted by atomic mass is 16.6. The number of hydrogen-bond acceptors (Lipinski definition) is 7. The van der Waals surface area contributed by atoms with E-state index in [-0.39, 0.29) is 13.0 Å². The molecule has 2 aromatic carbocycles. The standard InChI is InChI=1S/C25H23N3O6/c1-31-18-3-4-21-20(13-18)15(6-7-27-21)10-16(24(26)29)11-19-14-28(25(30)34-19)17-2-5-22-23(12-17)33-9-8-32-22/h2-7,10,12-13,19H,8-9,11,14H2,1H3,(H2,26,29)/t19-/m0/s1. The predicted molar refractivity (Wildman–Crippen MR) is 125 cm³/mol. The number of primary amides is 1. The lowest BCUT2D eigenvalue weighted by molar-refractivity contribution is -0.114.